The SMILES string of the molecule is CCOC(=O)NCCNC(=O)NCCC1CCCCC1. The highest BCUT2D eigenvalue weighted by Gasteiger charge is 2.13. The molecule has 0 bridgehead atoms. The lowest BCUT2D eigenvalue weighted by atomic mass is 9.87. The predicted molar refractivity (Wildman–Crippen MR) is 77.6 cm³/mol. The summed E-state index contributed by atoms with van der Waals surface area (Å²) in [6, 6.07) is -0.175. The molecule has 0 spiro atoms. The normalized spacial score (nSPS) is 15.4. The topological polar surface area (TPSA) is 79.5 Å². The number of hydrogen-bond donors (Lipinski definition) is 3. The molecule has 0 heterocycles. The Labute approximate surface area is 121 Å². The Morgan fingerprint density at radius 2 is 1.65 bits per heavy atom. The van der Waals surface area contributed by atoms with Gasteiger partial charge in [0.2, 0.25) is 0 Å². The van der Waals surface area contributed by atoms with Gasteiger partial charge in [0, 0.05) is 19.6 Å². The van der Waals surface area contributed by atoms with Crippen LogP contribution in [-0.4, -0.2) is 38.4 Å². The van der Waals surface area contributed by atoms with Crippen LogP contribution in [0.5, 0.6) is 0 Å². The maximum absolute atomic E-state index is 11.5. The van der Waals surface area contributed by atoms with Gasteiger partial charge in [0.15, 0.2) is 0 Å². The molecule has 6 heteroatoms. The molecule has 0 aromatic carbocycles. The molecular weight excluding hydrogens is 258 g/mol. The highest BCUT2D eigenvalue weighted by atomic mass is 16.5. The molecule has 116 valence electrons. The van der Waals surface area contributed by atoms with Gasteiger partial charge in [-0.15, -0.1) is 0 Å². The van der Waals surface area contributed by atoms with Crippen molar-refractivity contribution in [3.05, 3.63) is 0 Å². The van der Waals surface area contributed by atoms with Gasteiger partial charge in [0.25, 0.3) is 0 Å². The summed E-state index contributed by atoms with van der Waals surface area (Å²) in [5.74, 6) is 0.773. The van der Waals surface area contributed by atoms with Crippen LogP contribution in [0, 0.1) is 5.92 Å². The zero-order valence-corrected chi connectivity index (χ0v) is 12.4. The van der Waals surface area contributed by atoms with E-state index in [-0.39, 0.29) is 6.03 Å². The number of rotatable bonds is 7. The van der Waals surface area contributed by atoms with Crippen LogP contribution in [0.3, 0.4) is 0 Å². The third kappa shape index (κ3) is 7.86. The van der Waals surface area contributed by atoms with E-state index in [1.807, 2.05) is 0 Å². The predicted octanol–water partition coefficient (Wildman–Crippen LogP) is 2.00. The van der Waals surface area contributed by atoms with Gasteiger partial charge in [-0.3, -0.25) is 0 Å². The van der Waals surface area contributed by atoms with Crippen molar-refractivity contribution >= 4 is 12.1 Å². The molecule has 1 aliphatic carbocycles. The first kappa shape index (κ1) is 16.6. The molecule has 0 aliphatic heterocycles. The molecular formula is C14H27N3O3. The van der Waals surface area contributed by atoms with E-state index in [9.17, 15) is 9.59 Å². The second-order valence-corrected chi connectivity index (χ2v) is 5.12. The molecule has 0 aromatic rings. The van der Waals surface area contributed by atoms with E-state index in [0.29, 0.717) is 19.7 Å². The van der Waals surface area contributed by atoms with E-state index in [2.05, 4.69) is 16.0 Å². The number of urea groups is 1. The number of carbonyl (C=O) groups excluding carboxylic acids is 2. The van der Waals surface area contributed by atoms with Crippen LogP contribution in [0.1, 0.15) is 45.4 Å². The molecule has 20 heavy (non-hydrogen) atoms. The zero-order chi connectivity index (χ0) is 14.6. The van der Waals surface area contributed by atoms with Crippen LogP contribution < -0.4 is 16.0 Å². The standard InChI is InChI=1S/C14H27N3O3/c1-2-20-14(19)17-11-10-16-13(18)15-9-8-12-6-4-3-5-7-12/h12H,2-11H2,1H3,(H,17,19)(H2,15,16,18). The minimum Gasteiger partial charge on any atom is -0.450 e. The highest BCUT2D eigenvalue weighted by Crippen LogP contribution is 2.25. The van der Waals surface area contributed by atoms with Gasteiger partial charge in [0.1, 0.15) is 0 Å². The number of amides is 3. The summed E-state index contributed by atoms with van der Waals surface area (Å²) < 4.78 is 4.70. The molecule has 1 rings (SSSR count). The maximum atomic E-state index is 11.5. The van der Waals surface area contributed by atoms with Crippen molar-refractivity contribution in [2.24, 2.45) is 5.92 Å². The van der Waals surface area contributed by atoms with Gasteiger partial charge >= 0.3 is 12.1 Å². The summed E-state index contributed by atoms with van der Waals surface area (Å²) in [6.45, 7) is 3.59. The summed E-state index contributed by atoms with van der Waals surface area (Å²) in [5, 5.41) is 8.09. The lowest BCUT2D eigenvalue weighted by Gasteiger charge is -2.21. The van der Waals surface area contributed by atoms with Gasteiger partial charge in [-0.05, 0) is 19.3 Å². The Morgan fingerprint density at radius 3 is 2.35 bits per heavy atom. The number of carbonyl (C=O) groups is 2. The quantitative estimate of drug-likeness (QED) is 0.626. The lowest BCUT2D eigenvalue weighted by molar-refractivity contribution is 0.152. The summed E-state index contributed by atoms with van der Waals surface area (Å²) in [6.07, 6.45) is 7.23. The molecule has 1 saturated carbocycles. The van der Waals surface area contributed by atoms with Gasteiger partial charge in [-0.25, -0.2) is 9.59 Å². The van der Waals surface area contributed by atoms with Crippen molar-refractivity contribution in [1.82, 2.24) is 16.0 Å². The molecule has 6 nitrogen and oxygen atoms in total. The average molecular weight is 285 g/mol. The third-order valence-corrected chi connectivity index (χ3v) is 3.52. The number of nitrogens with one attached hydrogen (secondary N) is 3. The summed E-state index contributed by atoms with van der Waals surface area (Å²) >= 11 is 0. The average Bonchev–Trinajstić information content (AvgIpc) is 2.45. The maximum Gasteiger partial charge on any atom is 0.407 e. The van der Waals surface area contributed by atoms with Gasteiger partial charge in [-0.1, -0.05) is 32.1 Å². The first-order valence-corrected chi connectivity index (χ1v) is 7.64. The third-order valence-electron chi connectivity index (χ3n) is 3.52. The lowest BCUT2D eigenvalue weighted by Crippen LogP contribution is -2.41. The zero-order valence-electron chi connectivity index (χ0n) is 12.4. The number of hydrogen-bond acceptors (Lipinski definition) is 3. The van der Waals surface area contributed by atoms with Crippen LogP contribution >= 0.6 is 0 Å². The minimum atomic E-state index is -0.452. The Kier molecular flexibility index (Phi) is 8.58. The highest BCUT2D eigenvalue weighted by molar-refractivity contribution is 5.73. The fourth-order valence-electron chi connectivity index (χ4n) is 2.45. The van der Waals surface area contributed by atoms with Gasteiger partial charge in [-0.2, -0.15) is 0 Å². The fourth-order valence-corrected chi connectivity index (χ4v) is 2.45. The molecule has 0 aromatic heterocycles. The second-order valence-electron chi connectivity index (χ2n) is 5.12. The summed E-state index contributed by atoms with van der Waals surface area (Å²) in [5.41, 5.74) is 0. The van der Waals surface area contributed by atoms with Crippen molar-refractivity contribution in [3.63, 3.8) is 0 Å². The molecule has 1 fully saturated rings. The smallest absolute Gasteiger partial charge is 0.407 e. The van der Waals surface area contributed by atoms with Crippen molar-refractivity contribution in [3.8, 4) is 0 Å². The van der Waals surface area contributed by atoms with Crippen LogP contribution in [0.15, 0.2) is 0 Å². The summed E-state index contributed by atoms with van der Waals surface area (Å²) in [4.78, 5) is 22.5. The van der Waals surface area contributed by atoms with Crippen LogP contribution in [0.25, 0.3) is 0 Å². The van der Waals surface area contributed by atoms with Crippen molar-refractivity contribution in [1.29, 1.82) is 0 Å². The molecule has 0 atom stereocenters. The largest absolute Gasteiger partial charge is 0.450 e. The van der Waals surface area contributed by atoms with Crippen molar-refractivity contribution < 1.29 is 14.3 Å². The Balaban J connectivity index is 1.93. The Bertz CT molecular complexity index is 291. The first-order chi connectivity index (χ1) is 9.72. The van der Waals surface area contributed by atoms with Crippen molar-refractivity contribution in [2.75, 3.05) is 26.2 Å². The van der Waals surface area contributed by atoms with E-state index in [0.717, 1.165) is 18.9 Å². The van der Waals surface area contributed by atoms with Crippen molar-refractivity contribution in [2.45, 2.75) is 45.4 Å². The monoisotopic (exact) mass is 285 g/mol. The van der Waals surface area contributed by atoms with Crippen LogP contribution in [0.2, 0.25) is 0 Å². The molecule has 1 aliphatic rings. The molecule has 0 radical (unpaired) electrons. The van der Waals surface area contributed by atoms with E-state index in [1.54, 1.807) is 6.92 Å². The molecule has 0 saturated heterocycles. The van der Waals surface area contributed by atoms with E-state index < -0.39 is 6.09 Å². The minimum absolute atomic E-state index is 0.175. The molecule has 0 unspecified atom stereocenters. The fraction of sp³-hybridized carbons (Fsp3) is 0.857. The molecule has 3 N–H and O–H groups in total. The summed E-state index contributed by atoms with van der Waals surface area (Å²) in [7, 11) is 0. The second kappa shape index (κ2) is 10.3. The van der Waals surface area contributed by atoms with E-state index in [1.165, 1.54) is 32.1 Å². The molecule has 3 amide bonds. The Morgan fingerprint density at radius 1 is 1.00 bits per heavy atom. The number of ether oxygens (including phenoxy) is 1. The van der Waals surface area contributed by atoms with Gasteiger partial charge in [0.05, 0.1) is 6.61 Å². The van der Waals surface area contributed by atoms with E-state index >= 15 is 0 Å². The van der Waals surface area contributed by atoms with Gasteiger partial charge < -0.3 is 20.7 Å². The van der Waals surface area contributed by atoms with Crippen LogP contribution in [0.4, 0.5) is 9.59 Å². The number of alkyl carbamates (subject to hydrolysis) is 1. The van der Waals surface area contributed by atoms with E-state index in [4.69, 9.17) is 4.74 Å². The first-order valence-electron chi connectivity index (χ1n) is 7.64. The van der Waals surface area contributed by atoms with Crippen LogP contribution in [-0.2, 0) is 4.74 Å². The Hall–Kier alpha value is -1.46.